The van der Waals surface area contributed by atoms with E-state index in [4.69, 9.17) is 21.1 Å². The Balaban J connectivity index is 2.53. The Morgan fingerprint density at radius 1 is 1.35 bits per heavy atom. The minimum Gasteiger partial charge on any atom is -0.501 e. The average Bonchev–Trinajstić information content (AvgIpc) is 2.33. The smallest absolute Gasteiger partial charge is 0.391 e. The van der Waals surface area contributed by atoms with Crippen LogP contribution in [0.25, 0.3) is 6.08 Å². The van der Waals surface area contributed by atoms with E-state index in [0.717, 1.165) is 0 Å². The van der Waals surface area contributed by atoms with Gasteiger partial charge in [0, 0.05) is 0 Å². The Labute approximate surface area is 119 Å². The molecule has 1 rings (SSSR count). The normalized spacial score (nSPS) is 12.1. The molecule has 1 heterocycles. The highest BCUT2D eigenvalue weighted by Crippen LogP contribution is 2.19. The first kappa shape index (κ1) is 16.7. The summed E-state index contributed by atoms with van der Waals surface area (Å²) >= 11 is 5.72. The number of hydrogen-bond acceptors (Lipinski definition) is 4. The average molecular weight is 311 g/mol. The van der Waals surface area contributed by atoms with Gasteiger partial charge in [-0.3, -0.25) is 0 Å². The Bertz CT molecular complexity index is 453. The van der Waals surface area contributed by atoms with Gasteiger partial charge in [-0.15, -0.1) is 0 Å². The van der Waals surface area contributed by atoms with Crippen LogP contribution in [0.2, 0.25) is 5.28 Å². The molecule has 0 radical (unpaired) electrons. The summed E-state index contributed by atoms with van der Waals surface area (Å²) in [4.78, 5) is 7.79. The lowest BCUT2D eigenvalue weighted by atomic mass is 10.3. The first-order valence-corrected chi connectivity index (χ1v) is 6.24. The number of aromatic nitrogens is 2. The summed E-state index contributed by atoms with van der Waals surface area (Å²) in [6.07, 6.45) is -2.19. The van der Waals surface area contributed by atoms with Crippen LogP contribution in [0.5, 0.6) is 0 Å². The number of ether oxygens (including phenoxy) is 2. The van der Waals surface area contributed by atoms with Crippen molar-refractivity contribution in [3.05, 3.63) is 29.0 Å². The summed E-state index contributed by atoms with van der Waals surface area (Å²) in [6.45, 7) is 1.86. The van der Waals surface area contributed by atoms with Crippen LogP contribution in [0.15, 0.2) is 12.3 Å². The largest absolute Gasteiger partial charge is 0.501 e. The van der Waals surface area contributed by atoms with Gasteiger partial charge in [-0.2, -0.15) is 13.2 Å². The molecule has 4 nitrogen and oxygen atoms in total. The third kappa shape index (κ3) is 7.30. The summed E-state index contributed by atoms with van der Waals surface area (Å²) in [5, 5.41) is -0.00179. The van der Waals surface area contributed by atoms with Gasteiger partial charge in [0.2, 0.25) is 5.28 Å². The molecule has 0 aliphatic rings. The van der Waals surface area contributed by atoms with Crippen molar-refractivity contribution in [1.82, 2.24) is 9.97 Å². The van der Waals surface area contributed by atoms with Crippen molar-refractivity contribution in [3.63, 3.8) is 0 Å². The van der Waals surface area contributed by atoms with E-state index in [0.29, 0.717) is 18.0 Å². The number of halogens is 4. The van der Waals surface area contributed by atoms with Crippen molar-refractivity contribution in [2.24, 2.45) is 0 Å². The number of nitrogens with zero attached hydrogens (tertiary/aromatic N) is 2. The summed E-state index contributed by atoms with van der Waals surface area (Å²) in [7, 11) is 0. The van der Waals surface area contributed by atoms with Crippen molar-refractivity contribution >= 4 is 17.7 Å². The van der Waals surface area contributed by atoms with E-state index >= 15 is 0 Å². The Morgan fingerprint density at radius 2 is 2.10 bits per heavy atom. The lowest BCUT2D eigenvalue weighted by molar-refractivity contribution is -0.146. The maximum atomic E-state index is 11.9. The summed E-state index contributed by atoms with van der Waals surface area (Å²) in [5.41, 5.74) is 0.899. The van der Waals surface area contributed by atoms with Crippen LogP contribution < -0.4 is 0 Å². The van der Waals surface area contributed by atoms with E-state index in [-0.39, 0.29) is 11.9 Å². The van der Waals surface area contributed by atoms with Gasteiger partial charge in [0.15, 0.2) is 0 Å². The van der Waals surface area contributed by atoms with Gasteiger partial charge in [-0.1, -0.05) is 0 Å². The maximum absolute atomic E-state index is 11.9. The summed E-state index contributed by atoms with van der Waals surface area (Å²) in [5.74, 6) is 0. The minimum atomic E-state index is -4.23. The molecule has 20 heavy (non-hydrogen) atoms. The molecule has 112 valence electrons. The van der Waals surface area contributed by atoms with E-state index in [1.165, 1.54) is 6.26 Å². The molecule has 8 heteroatoms. The highest BCUT2D eigenvalue weighted by atomic mass is 35.5. The van der Waals surface area contributed by atoms with Crippen molar-refractivity contribution in [2.75, 3.05) is 13.2 Å². The van der Waals surface area contributed by atoms with Crippen LogP contribution in [0.4, 0.5) is 13.2 Å². The molecule has 1 aromatic rings. The Morgan fingerprint density at radius 3 is 2.75 bits per heavy atom. The second kappa shape index (κ2) is 8.06. The second-order valence-corrected chi connectivity index (χ2v) is 4.07. The van der Waals surface area contributed by atoms with Gasteiger partial charge in [0.25, 0.3) is 0 Å². The minimum absolute atomic E-state index is 0.00179. The molecule has 0 N–H and O–H groups in total. The van der Waals surface area contributed by atoms with Crippen molar-refractivity contribution in [3.8, 4) is 0 Å². The highest BCUT2D eigenvalue weighted by molar-refractivity contribution is 6.28. The zero-order valence-electron chi connectivity index (χ0n) is 10.8. The highest BCUT2D eigenvalue weighted by Gasteiger charge is 2.26. The Kier molecular flexibility index (Phi) is 6.74. The zero-order valence-corrected chi connectivity index (χ0v) is 11.5. The fourth-order valence-corrected chi connectivity index (χ4v) is 1.43. The lowest BCUT2D eigenvalue weighted by Gasteiger charge is -2.07. The van der Waals surface area contributed by atoms with E-state index in [9.17, 15) is 13.2 Å². The molecular weight excluding hydrogens is 297 g/mol. The van der Waals surface area contributed by atoms with Gasteiger partial charge < -0.3 is 9.47 Å². The number of rotatable bonds is 7. The van der Waals surface area contributed by atoms with Crippen LogP contribution in [0, 0.1) is 0 Å². The summed E-state index contributed by atoms with van der Waals surface area (Å²) < 4.78 is 45.7. The molecule has 0 saturated carbocycles. The van der Waals surface area contributed by atoms with Crippen molar-refractivity contribution in [2.45, 2.75) is 26.1 Å². The van der Waals surface area contributed by atoms with Gasteiger partial charge in [-0.25, -0.2) is 9.97 Å². The first-order chi connectivity index (χ1) is 9.40. The van der Waals surface area contributed by atoms with Crippen molar-refractivity contribution < 1.29 is 22.6 Å². The van der Waals surface area contributed by atoms with E-state index < -0.39 is 19.2 Å². The van der Waals surface area contributed by atoms with E-state index in [2.05, 4.69) is 9.97 Å². The van der Waals surface area contributed by atoms with E-state index in [1.54, 1.807) is 12.1 Å². The first-order valence-electron chi connectivity index (χ1n) is 5.87. The van der Waals surface area contributed by atoms with Crippen LogP contribution in [0.1, 0.15) is 24.7 Å². The van der Waals surface area contributed by atoms with Gasteiger partial charge in [-0.05, 0) is 30.7 Å². The molecule has 0 unspecified atom stereocenters. The number of hydrogen-bond donors (Lipinski definition) is 0. The molecule has 0 fully saturated rings. The van der Waals surface area contributed by atoms with E-state index in [1.807, 2.05) is 6.92 Å². The van der Waals surface area contributed by atoms with Crippen LogP contribution in [-0.4, -0.2) is 29.4 Å². The monoisotopic (exact) mass is 310 g/mol. The lowest BCUT2D eigenvalue weighted by Crippen LogP contribution is -2.11. The van der Waals surface area contributed by atoms with Crippen LogP contribution >= 0.6 is 11.6 Å². The molecule has 0 saturated heterocycles. The third-order valence-corrected chi connectivity index (χ3v) is 2.22. The zero-order chi connectivity index (χ0) is 15.0. The van der Waals surface area contributed by atoms with Gasteiger partial charge >= 0.3 is 6.18 Å². The SMILES string of the molecule is CCOC=Cc1cc(COCCC(F)(F)F)nc(Cl)n1. The topological polar surface area (TPSA) is 44.2 Å². The quantitative estimate of drug-likeness (QED) is 0.438. The van der Waals surface area contributed by atoms with Crippen LogP contribution in [0.3, 0.4) is 0 Å². The molecule has 0 atom stereocenters. The molecule has 0 aliphatic heterocycles. The second-order valence-electron chi connectivity index (χ2n) is 3.73. The maximum Gasteiger partial charge on any atom is 0.391 e. The molecule has 0 aliphatic carbocycles. The fourth-order valence-electron chi connectivity index (χ4n) is 1.22. The predicted octanol–water partition coefficient (Wildman–Crippen LogP) is 3.61. The molecule has 0 spiro atoms. The van der Waals surface area contributed by atoms with Gasteiger partial charge in [0.1, 0.15) is 0 Å². The number of alkyl halides is 3. The van der Waals surface area contributed by atoms with Crippen molar-refractivity contribution in [1.29, 1.82) is 0 Å². The molecule has 0 amide bonds. The fraction of sp³-hybridized carbons (Fsp3) is 0.500. The molecule has 0 bridgehead atoms. The predicted molar refractivity (Wildman–Crippen MR) is 68.0 cm³/mol. The molecular formula is C12H14ClF3N2O2. The summed E-state index contributed by atoms with van der Waals surface area (Å²) in [6, 6.07) is 1.56. The van der Waals surface area contributed by atoms with Gasteiger partial charge in [0.05, 0.1) is 43.9 Å². The van der Waals surface area contributed by atoms with Crippen LogP contribution in [-0.2, 0) is 16.1 Å². The molecule has 1 aromatic heterocycles. The Hall–Kier alpha value is -1.34. The standard InChI is InChI=1S/C12H14ClF3N2O2/c1-2-19-5-3-9-7-10(18-11(13)17-9)8-20-6-4-12(14,15)16/h3,5,7H,2,4,6,8H2,1H3. The third-order valence-electron chi connectivity index (χ3n) is 2.05. The molecule has 0 aromatic carbocycles.